The van der Waals surface area contributed by atoms with Crippen LogP contribution in [0.25, 0.3) is 0 Å². The van der Waals surface area contributed by atoms with Crippen LogP contribution in [-0.4, -0.2) is 17.2 Å². The number of aryl methyl sites for hydroxylation is 1. The fourth-order valence-electron chi connectivity index (χ4n) is 3.14. The molecule has 0 saturated heterocycles. The second-order valence-corrected chi connectivity index (χ2v) is 6.15. The highest BCUT2D eigenvalue weighted by atomic mass is 16.4. The van der Waals surface area contributed by atoms with Crippen LogP contribution in [-0.2, 0) is 12.8 Å². The molecule has 1 aromatic rings. The van der Waals surface area contributed by atoms with E-state index in [1.807, 2.05) is 18.2 Å². The molecule has 0 aliphatic carbocycles. The molecule has 0 bridgehead atoms. The first-order valence-electron chi connectivity index (χ1n) is 8.53. The molecule has 1 aromatic carbocycles. The molecule has 0 aliphatic heterocycles. The highest BCUT2D eigenvalue weighted by molar-refractivity contribution is 6.58. The van der Waals surface area contributed by atoms with E-state index in [1.165, 1.54) is 36.8 Å². The van der Waals surface area contributed by atoms with Crippen molar-refractivity contribution in [2.75, 3.05) is 0 Å². The first-order chi connectivity index (χ1) is 10.0. The van der Waals surface area contributed by atoms with Gasteiger partial charge in [0.05, 0.1) is 0 Å². The van der Waals surface area contributed by atoms with Gasteiger partial charge in [-0.25, -0.2) is 0 Å². The third kappa shape index (κ3) is 5.48. The first kappa shape index (κ1) is 18.3. The molecule has 0 heterocycles. The van der Waals surface area contributed by atoms with Gasteiger partial charge in [0.25, 0.3) is 0 Å². The predicted molar refractivity (Wildman–Crippen MR) is 91.8 cm³/mol. The maximum atomic E-state index is 9.38. The van der Waals surface area contributed by atoms with Gasteiger partial charge in [-0.3, -0.25) is 0 Å². The predicted octanol–water partition coefficient (Wildman–Crippen LogP) is 3.32. The fourth-order valence-corrected chi connectivity index (χ4v) is 3.14. The Hall–Kier alpha value is -0.795. The summed E-state index contributed by atoms with van der Waals surface area (Å²) in [4.78, 5) is 0. The Balaban J connectivity index is 2.89. The number of benzene rings is 1. The van der Waals surface area contributed by atoms with Gasteiger partial charge < -0.3 is 10.0 Å². The molecule has 0 saturated carbocycles. The normalized spacial score (nSPS) is 12.7. The number of hydrogen-bond acceptors (Lipinski definition) is 2. The Bertz CT molecular complexity index is 414. The minimum absolute atomic E-state index is 0.611. The van der Waals surface area contributed by atoms with Gasteiger partial charge in [0.2, 0.25) is 0 Å². The topological polar surface area (TPSA) is 40.5 Å². The molecule has 0 spiro atoms. The summed E-state index contributed by atoms with van der Waals surface area (Å²) < 4.78 is 0. The molecular formula is C18H31BO2. The summed E-state index contributed by atoms with van der Waals surface area (Å²) in [6.45, 7) is 8.99. The number of hydrogen-bond donors (Lipinski definition) is 2. The summed E-state index contributed by atoms with van der Waals surface area (Å²) in [5, 5.41) is 18.8. The molecule has 0 aliphatic rings. The van der Waals surface area contributed by atoms with Gasteiger partial charge >= 0.3 is 7.12 Å². The molecule has 21 heavy (non-hydrogen) atoms. The molecule has 1 rings (SSSR count). The van der Waals surface area contributed by atoms with E-state index >= 15 is 0 Å². The van der Waals surface area contributed by atoms with Crippen LogP contribution in [0, 0.1) is 11.8 Å². The summed E-state index contributed by atoms with van der Waals surface area (Å²) in [7, 11) is -1.37. The van der Waals surface area contributed by atoms with Crippen LogP contribution < -0.4 is 5.46 Å². The molecule has 1 atom stereocenters. The smallest absolute Gasteiger partial charge is 0.423 e. The second-order valence-electron chi connectivity index (χ2n) is 6.15. The highest BCUT2D eigenvalue weighted by Gasteiger charge is 2.17. The molecule has 0 radical (unpaired) electrons. The van der Waals surface area contributed by atoms with E-state index in [9.17, 15) is 10.0 Å². The second kappa shape index (κ2) is 9.27. The van der Waals surface area contributed by atoms with Gasteiger partial charge in [-0.15, -0.1) is 0 Å². The Morgan fingerprint density at radius 3 is 2.00 bits per heavy atom. The molecule has 0 fully saturated rings. The zero-order chi connectivity index (χ0) is 15.8. The van der Waals surface area contributed by atoms with Crippen LogP contribution in [0.3, 0.4) is 0 Å². The van der Waals surface area contributed by atoms with E-state index in [0.717, 1.165) is 18.8 Å². The summed E-state index contributed by atoms with van der Waals surface area (Å²) in [5.41, 5.74) is 3.24. The first-order valence-corrected chi connectivity index (χ1v) is 8.53. The van der Waals surface area contributed by atoms with Crippen molar-refractivity contribution in [3.63, 3.8) is 0 Å². The van der Waals surface area contributed by atoms with Gasteiger partial charge in [-0.2, -0.15) is 0 Å². The highest BCUT2D eigenvalue weighted by Crippen LogP contribution is 2.25. The monoisotopic (exact) mass is 290 g/mol. The van der Waals surface area contributed by atoms with Gasteiger partial charge in [-0.1, -0.05) is 65.2 Å². The van der Waals surface area contributed by atoms with E-state index in [-0.39, 0.29) is 0 Å². The Labute approximate surface area is 130 Å². The SMILES string of the molecule is CCc1ccc(B(O)O)cc1CC(CC)CC(CC)CC. The third-order valence-corrected chi connectivity index (χ3v) is 4.82. The summed E-state index contributed by atoms with van der Waals surface area (Å²) in [6.07, 6.45) is 7.02. The maximum Gasteiger partial charge on any atom is 0.488 e. The van der Waals surface area contributed by atoms with Gasteiger partial charge in [0.1, 0.15) is 0 Å². The van der Waals surface area contributed by atoms with Crippen LogP contribution in [0.4, 0.5) is 0 Å². The summed E-state index contributed by atoms with van der Waals surface area (Å²) in [6, 6.07) is 5.86. The van der Waals surface area contributed by atoms with Crippen molar-refractivity contribution in [1.82, 2.24) is 0 Å². The van der Waals surface area contributed by atoms with E-state index in [0.29, 0.717) is 11.4 Å². The van der Waals surface area contributed by atoms with E-state index in [4.69, 9.17) is 0 Å². The molecular weight excluding hydrogens is 259 g/mol. The summed E-state index contributed by atoms with van der Waals surface area (Å²) >= 11 is 0. The standard InChI is InChI=1S/C18H31BO2/c1-5-14(6-2)11-15(7-3)12-17-13-18(19(20)21)10-9-16(17)8-4/h9-10,13-15,20-21H,5-8,11-12H2,1-4H3. The quantitative estimate of drug-likeness (QED) is 0.685. The molecule has 1 unspecified atom stereocenters. The van der Waals surface area contributed by atoms with Crippen LogP contribution in [0.1, 0.15) is 64.5 Å². The van der Waals surface area contributed by atoms with Crippen molar-refractivity contribution in [3.05, 3.63) is 29.3 Å². The van der Waals surface area contributed by atoms with Crippen molar-refractivity contribution in [2.24, 2.45) is 11.8 Å². The van der Waals surface area contributed by atoms with Crippen molar-refractivity contribution >= 4 is 12.6 Å². The third-order valence-electron chi connectivity index (χ3n) is 4.82. The molecule has 0 amide bonds. The Morgan fingerprint density at radius 2 is 1.52 bits per heavy atom. The maximum absolute atomic E-state index is 9.38. The largest absolute Gasteiger partial charge is 0.488 e. The average Bonchev–Trinajstić information content (AvgIpc) is 2.50. The molecule has 3 heteroatoms. The van der Waals surface area contributed by atoms with Crippen molar-refractivity contribution < 1.29 is 10.0 Å². The van der Waals surface area contributed by atoms with Crippen molar-refractivity contribution in [1.29, 1.82) is 0 Å². The van der Waals surface area contributed by atoms with Gasteiger partial charge in [-0.05, 0) is 47.7 Å². The minimum atomic E-state index is -1.37. The molecule has 2 nitrogen and oxygen atoms in total. The van der Waals surface area contributed by atoms with Gasteiger partial charge in [0.15, 0.2) is 0 Å². The number of rotatable bonds is 9. The van der Waals surface area contributed by atoms with Crippen LogP contribution in [0.2, 0.25) is 0 Å². The lowest BCUT2D eigenvalue weighted by Gasteiger charge is -2.22. The van der Waals surface area contributed by atoms with Crippen molar-refractivity contribution in [2.45, 2.75) is 66.2 Å². The van der Waals surface area contributed by atoms with Crippen LogP contribution in [0.5, 0.6) is 0 Å². The zero-order valence-corrected chi connectivity index (χ0v) is 14.1. The van der Waals surface area contributed by atoms with E-state index in [1.54, 1.807) is 0 Å². The molecule has 2 N–H and O–H groups in total. The van der Waals surface area contributed by atoms with Crippen LogP contribution >= 0.6 is 0 Å². The lowest BCUT2D eigenvalue weighted by Crippen LogP contribution is -2.30. The van der Waals surface area contributed by atoms with E-state index in [2.05, 4.69) is 27.7 Å². The lowest BCUT2D eigenvalue weighted by molar-refractivity contribution is 0.343. The molecule has 118 valence electrons. The lowest BCUT2D eigenvalue weighted by atomic mass is 9.77. The zero-order valence-electron chi connectivity index (χ0n) is 14.1. The van der Waals surface area contributed by atoms with Crippen LogP contribution in [0.15, 0.2) is 18.2 Å². The fraction of sp³-hybridized carbons (Fsp3) is 0.667. The average molecular weight is 290 g/mol. The van der Waals surface area contributed by atoms with Gasteiger partial charge in [0, 0.05) is 0 Å². The summed E-state index contributed by atoms with van der Waals surface area (Å²) in [5.74, 6) is 1.50. The Morgan fingerprint density at radius 1 is 0.905 bits per heavy atom. The Kier molecular flexibility index (Phi) is 8.06. The minimum Gasteiger partial charge on any atom is -0.423 e. The van der Waals surface area contributed by atoms with E-state index < -0.39 is 7.12 Å². The molecule has 0 aromatic heterocycles. The van der Waals surface area contributed by atoms with Crippen molar-refractivity contribution in [3.8, 4) is 0 Å².